The van der Waals surface area contributed by atoms with E-state index in [-0.39, 0.29) is 17.4 Å². The van der Waals surface area contributed by atoms with Gasteiger partial charge in [-0.25, -0.2) is 9.18 Å². The molecule has 1 aliphatic carbocycles. The summed E-state index contributed by atoms with van der Waals surface area (Å²) in [5.41, 5.74) is 6.04. The first-order valence-corrected chi connectivity index (χ1v) is 6.43. The van der Waals surface area contributed by atoms with Crippen LogP contribution in [0.2, 0.25) is 0 Å². The molecule has 0 spiro atoms. The van der Waals surface area contributed by atoms with Gasteiger partial charge in [0.05, 0.1) is 5.56 Å². The lowest BCUT2D eigenvalue weighted by atomic mass is 10.1. The fourth-order valence-corrected chi connectivity index (χ4v) is 2.28. The lowest BCUT2D eigenvalue weighted by Gasteiger charge is -2.16. The highest BCUT2D eigenvalue weighted by atomic mass is 19.1. The van der Waals surface area contributed by atoms with E-state index in [1.807, 2.05) is 0 Å². The van der Waals surface area contributed by atoms with Crippen LogP contribution in [0, 0.1) is 5.82 Å². The molecule has 1 aromatic rings. The molecule has 4 heteroatoms. The van der Waals surface area contributed by atoms with Gasteiger partial charge in [-0.1, -0.05) is 12.8 Å². The van der Waals surface area contributed by atoms with Crippen LogP contribution in [-0.4, -0.2) is 12.1 Å². The molecule has 2 rings (SSSR count). The summed E-state index contributed by atoms with van der Waals surface area (Å²) < 4.78 is 18.5. The summed E-state index contributed by atoms with van der Waals surface area (Å²) in [6.07, 6.45) is 6.27. The standard InChI is InChI=1S/C14H18FNO2/c15-10-7-8-13(16)12(9-10)14(17)18-11-5-3-1-2-4-6-11/h7-9,11H,1-6,16H2. The van der Waals surface area contributed by atoms with Crippen molar-refractivity contribution in [2.75, 3.05) is 5.73 Å². The van der Waals surface area contributed by atoms with E-state index in [1.165, 1.54) is 25.0 Å². The van der Waals surface area contributed by atoms with E-state index < -0.39 is 11.8 Å². The molecule has 0 amide bonds. The molecule has 0 unspecified atom stereocenters. The third-order valence-electron chi connectivity index (χ3n) is 3.31. The van der Waals surface area contributed by atoms with Crippen molar-refractivity contribution in [1.29, 1.82) is 0 Å². The Hall–Kier alpha value is -1.58. The van der Waals surface area contributed by atoms with Gasteiger partial charge in [0.25, 0.3) is 0 Å². The zero-order chi connectivity index (χ0) is 13.0. The Kier molecular flexibility index (Phi) is 4.18. The van der Waals surface area contributed by atoms with Gasteiger partial charge in [0.15, 0.2) is 0 Å². The number of carbonyl (C=O) groups excluding carboxylic acids is 1. The largest absolute Gasteiger partial charge is 0.459 e. The summed E-state index contributed by atoms with van der Waals surface area (Å²) >= 11 is 0. The summed E-state index contributed by atoms with van der Waals surface area (Å²) in [6, 6.07) is 3.76. The highest BCUT2D eigenvalue weighted by Gasteiger charge is 2.19. The Labute approximate surface area is 106 Å². The monoisotopic (exact) mass is 251 g/mol. The van der Waals surface area contributed by atoms with Crippen LogP contribution in [0.25, 0.3) is 0 Å². The minimum atomic E-state index is -0.515. The number of benzene rings is 1. The normalized spacial score (nSPS) is 17.2. The molecule has 0 heterocycles. The fourth-order valence-electron chi connectivity index (χ4n) is 2.28. The molecule has 1 fully saturated rings. The SMILES string of the molecule is Nc1ccc(F)cc1C(=O)OC1CCCCCC1. The average molecular weight is 251 g/mol. The molecule has 0 bridgehead atoms. The molecular weight excluding hydrogens is 233 g/mol. The summed E-state index contributed by atoms with van der Waals surface area (Å²) in [5, 5.41) is 0. The van der Waals surface area contributed by atoms with Gasteiger partial charge in [0.2, 0.25) is 0 Å². The second-order valence-corrected chi connectivity index (χ2v) is 4.75. The predicted molar refractivity (Wildman–Crippen MR) is 67.7 cm³/mol. The minimum absolute atomic E-state index is 0.0531. The van der Waals surface area contributed by atoms with Crippen LogP contribution >= 0.6 is 0 Å². The van der Waals surface area contributed by atoms with Crippen LogP contribution in [0.15, 0.2) is 18.2 Å². The molecule has 3 nitrogen and oxygen atoms in total. The zero-order valence-electron chi connectivity index (χ0n) is 10.3. The van der Waals surface area contributed by atoms with Gasteiger partial charge in [-0.3, -0.25) is 0 Å². The van der Waals surface area contributed by atoms with E-state index in [4.69, 9.17) is 10.5 Å². The third kappa shape index (κ3) is 3.22. The van der Waals surface area contributed by atoms with Crippen molar-refractivity contribution in [2.45, 2.75) is 44.6 Å². The lowest BCUT2D eigenvalue weighted by molar-refractivity contribution is 0.0268. The van der Waals surface area contributed by atoms with E-state index in [1.54, 1.807) is 0 Å². The summed E-state index contributed by atoms with van der Waals surface area (Å²) in [7, 11) is 0. The summed E-state index contributed by atoms with van der Waals surface area (Å²) in [6.45, 7) is 0. The van der Waals surface area contributed by atoms with Gasteiger partial charge in [0.1, 0.15) is 11.9 Å². The van der Waals surface area contributed by atoms with E-state index in [9.17, 15) is 9.18 Å². The number of halogens is 1. The Morgan fingerprint density at radius 1 is 1.22 bits per heavy atom. The molecule has 0 aliphatic heterocycles. The molecule has 0 aromatic heterocycles. The first-order valence-electron chi connectivity index (χ1n) is 6.43. The van der Waals surface area contributed by atoms with E-state index in [2.05, 4.69) is 0 Å². The van der Waals surface area contributed by atoms with Crippen molar-refractivity contribution in [3.05, 3.63) is 29.6 Å². The molecule has 98 valence electrons. The van der Waals surface area contributed by atoms with E-state index in [0.29, 0.717) is 0 Å². The molecule has 2 N–H and O–H groups in total. The maximum absolute atomic E-state index is 13.1. The van der Waals surface area contributed by atoms with Crippen molar-refractivity contribution in [3.63, 3.8) is 0 Å². The van der Waals surface area contributed by atoms with Crippen LogP contribution in [0.4, 0.5) is 10.1 Å². The first-order chi connectivity index (χ1) is 8.66. The smallest absolute Gasteiger partial charge is 0.340 e. The topological polar surface area (TPSA) is 52.3 Å². The van der Waals surface area contributed by atoms with Crippen molar-refractivity contribution in [1.82, 2.24) is 0 Å². The van der Waals surface area contributed by atoms with Crippen molar-refractivity contribution < 1.29 is 13.9 Å². The number of rotatable bonds is 2. The Morgan fingerprint density at radius 2 is 1.89 bits per heavy atom. The number of hydrogen-bond acceptors (Lipinski definition) is 3. The maximum Gasteiger partial charge on any atom is 0.340 e. The highest BCUT2D eigenvalue weighted by Crippen LogP contribution is 2.22. The van der Waals surface area contributed by atoms with Gasteiger partial charge < -0.3 is 10.5 Å². The Bertz CT molecular complexity index is 426. The first kappa shape index (κ1) is 12.9. The second kappa shape index (κ2) is 5.85. The molecule has 0 atom stereocenters. The molecule has 1 saturated carbocycles. The maximum atomic E-state index is 13.1. The summed E-state index contributed by atoms with van der Waals surface area (Å²) in [4.78, 5) is 11.9. The van der Waals surface area contributed by atoms with Crippen LogP contribution in [0.3, 0.4) is 0 Å². The second-order valence-electron chi connectivity index (χ2n) is 4.75. The Morgan fingerprint density at radius 3 is 2.56 bits per heavy atom. The molecule has 1 aliphatic rings. The number of ether oxygens (including phenoxy) is 1. The number of anilines is 1. The van der Waals surface area contributed by atoms with Gasteiger partial charge in [-0.2, -0.15) is 0 Å². The van der Waals surface area contributed by atoms with E-state index >= 15 is 0 Å². The molecule has 0 saturated heterocycles. The van der Waals surface area contributed by atoms with Gasteiger partial charge >= 0.3 is 5.97 Å². The number of hydrogen-bond donors (Lipinski definition) is 1. The van der Waals surface area contributed by atoms with Crippen LogP contribution in [-0.2, 0) is 4.74 Å². The number of nitrogen functional groups attached to an aromatic ring is 1. The number of nitrogens with two attached hydrogens (primary N) is 1. The number of esters is 1. The van der Waals surface area contributed by atoms with Gasteiger partial charge in [-0.15, -0.1) is 0 Å². The average Bonchev–Trinajstić information content (AvgIpc) is 2.61. The number of carbonyl (C=O) groups is 1. The molecule has 1 aromatic carbocycles. The fraction of sp³-hybridized carbons (Fsp3) is 0.500. The van der Waals surface area contributed by atoms with Crippen molar-refractivity contribution in [2.24, 2.45) is 0 Å². The van der Waals surface area contributed by atoms with Crippen molar-refractivity contribution in [3.8, 4) is 0 Å². The quantitative estimate of drug-likeness (QED) is 0.498. The van der Waals surface area contributed by atoms with Crippen LogP contribution in [0.1, 0.15) is 48.9 Å². The Balaban J connectivity index is 2.04. The molecule has 0 radical (unpaired) electrons. The van der Waals surface area contributed by atoms with Crippen LogP contribution in [0.5, 0.6) is 0 Å². The predicted octanol–water partition coefficient (Wildman–Crippen LogP) is 3.29. The van der Waals surface area contributed by atoms with Crippen LogP contribution < -0.4 is 5.73 Å². The zero-order valence-corrected chi connectivity index (χ0v) is 10.3. The van der Waals surface area contributed by atoms with Crippen molar-refractivity contribution >= 4 is 11.7 Å². The summed E-state index contributed by atoms with van der Waals surface area (Å²) in [5.74, 6) is -0.990. The minimum Gasteiger partial charge on any atom is -0.459 e. The van der Waals surface area contributed by atoms with E-state index in [0.717, 1.165) is 31.7 Å². The van der Waals surface area contributed by atoms with Gasteiger partial charge in [-0.05, 0) is 43.9 Å². The molecular formula is C14H18FNO2. The lowest BCUT2D eigenvalue weighted by Crippen LogP contribution is -2.18. The molecule has 18 heavy (non-hydrogen) atoms. The third-order valence-corrected chi connectivity index (χ3v) is 3.31. The highest BCUT2D eigenvalue weighted by molar-refractivity contribution is 5.95. The van der Waals surface area contributed by atoms with Gasteiger partial charge in [0, 0.05) is 5.69 Å².